The zero-order chi connectivity index (χ0) is 22.2. The summed E-state index contributed by atoms with van der Waals surface area (Å²) in [6, 6.07) is 15.4. The molecule has 2 aliphatic rings. The van der Waals surface area contributed by atoms with Gasteiger partial charge < -0.3 is 10.3 Å². The standard InChI is InChI=1S/C24H19BrClN3O2S/c25-15-7-3-6-13(11-15)19-20-17(9-4-10-18(20)30)27-22-21(19)23(31)29-24(28-22)32-12-14-5-1-2-8-16(14)26/h1-3,5-8,11,19H,4,9-10,12H2,(H2,27,28,29,31). The van der Waals surface area contributed by atoms with E-state index < -0.39 is 5.92 Å². The maximum atomic E-state index is 13.3. The third-order valence-electron chi connectivity index (χ3n) is 5.74. The molecule has 2 heterocycles. The fourth-order valence-corrected chi connectivity index (χ4v) is 5.85. The molecule has 0 saturated heterocycles. The van der Waals surface area contributed by atoms with Crippen LogP contribution in [0.1, 0.15) is 41.9 Å². The van der Waals surface area contributed by atoms with Crippen LogP contribution in [0.15, 0.2) is 74.2 Å². The molecule has 5 nitrogen and oxygen atoms in total. The zero-order valence-corrected chi connectivity index (χ0v) is 20.1. The Balaban J connectivity index is 1.57. The number of benzene rings is 2. The average molecular weight is 529 g/mol. The Hall–Kier alpha value is -2.35. The van der Waals surface area contributed by atoms with Gasteiger partial charge in [0.15, 0.2) is 10.9 Å². The van der Waals surface area contributed by atoms with E-state index in [0.717, 1.165) is 34.1 Å². The molecule has 2 N–H and O–H groups in total. The molecule has 0 spiro atoms. The van der Waals surface area contributed by atoms with E-state index in [1.54, 1.807) is 0 Å². The van der Waals surface area contributed by atoms with Crippen LogP contribution in [0.3, 0.4) is 0 Å². The van der Waals surface area contributed by atoms with Gasteiger partial charge in [0.25, 0.3) is 5.56 Å². The Labute approximate surface area is 202 Å². The van der Waals surface area contributed by atoms with Crippen LogP contribution in [0.2, 0.25) is 5.02 Å². The minimum absolute atomic E-state index is 0.0888. The van der Waals surface area contributed by atoms with Crippen molar-refractivity contribution in [1.82, 2.24) is 9.97 Å². The van der Waals surface area contributed by atoms with E-state index in [1.165, 1.54) is 11.8 Å². The van der Waals surface area contributed by atoms with Crippen LogP contribution in [0, 0.1) is 0 Å². The fraction of sp³-hybridized carbons (Fsp3) is 0.208. The molecule has 0 fully saturated rings. The molecular formula is C24H19BrClN3O2S. The first-order valence-electron chi connectivity index (χ1n) is 10.3. The van der Waals surface area contributed by atoms with Gasteiger partial charge in [-0.2, -0.15) is 0 Å². The van der Waals surface area contributed by atoms with Crippen molar-refractivity contribution >= 4 is 50.9 Å². The molecule has 0 saturated carbocycles. The maximum absolute atomic E-state index is 13.3. The first-order valence-corrected chi connectivity index (χ1v) is 12.5. The number of halogens is 2. The van der Waals surface area contributed by atoms with Crippen molar-refractivity contribution in [3.8, 4) is 0 Å². The number of rotatable bonds is 4. The van der Waals surface area contributed by atoms with Gasteiger partial charge in [-0.25, -0.2) is 4.98 Å². The first-order chi connectivity index (χ1) is 15.5. The predicted octanol–water partition coefficient (Wildman–Crippen LogP) is 6.04. The van der Waals surface area contributed by atoms with Gasteiger partial charge in [0.05, 0.1) is 5.56 Å². The van der Waals surface area contributed by atoms with Crippen LogP contribution in [0.5, 0.6) is 0 Å². The average Bonchev–Trinajstić information content (AvgIpc) is 2.77. The molecule has 32 heavy (non-hydrogen) atoms. The van der Waals surface area contributed by atoms with Crippen molar-refractivity contribution < 1.29 is 4.79 Å². The molecule has 3 aromatic rings. The number of Topliss-reactive ketones (excluding diaryl/α,β-unsaturated/α-hetero) is 1. The zero-order valence-electron chi connectivity index (χ0n) is 17.0. The molecule has 2 aromatic carbocycles. The molecule has 1 aliphatic carbocycles. The molecule has 1 atom stereocenters. The number of H-pyrrole nitrogens is 1. The summed E-state index contributed by atoms with van der Waals surface area (Å²) in [7, 11) is 0. The monoisotopic (exact) mass is 527 g/mol. The SMILES string of the molecule is O=C1CCCC2=C1C(c1cccc(Br)c1)c1c(nc(SCc3ccccc3Cl)[nH]c1=O)N2. The molecule has 0 radical (unpaired) electrons. The van der Waals surface area contributed by atoms with Crippen molar-refractivity contribution in [3.05, 3.63) is 96.3 Å². The van der Waals surface area contributed by atoms with Crippen molar-refractivity contribution in [2.24, 2.45) is 0 Å². The number of fused-ring (bicyclic) bond motifs is 1. The Morgan fingerprint density at radius 3 is 2.78 bits per heavy atom. The number of carbonyl (C=O) groups is 1. The number of nitrogens with zero attached hydrogens (tertiary/aromatic N) is 1. The van der Waals surface area contributed by atoms with Gasteiger partial charge in [-0.3, -0.25) is 9.59 Å². The Bertz CT molecular complexity index is 1320. The van der Waals surface area contributed by atoms with E-state index >= 15 is 0 Å². The van der Waals surface area contributed by atoms with E-state index in [0.29, 0.717) is 39.3 Å². The normalized spacial score (nSPS) is 17.6. The highest BCUT2D eigenvalue weighted by Crippen LogP contribution is 2.44. The minimum atomic E-state index is -0.439. The number of allylic oxidation sites excluding steroid dienone is 2. The topological polar surface area (TPSA) is 74.8 Å². The smallest absolute Gasteiger partial charge is 0.257 e. The second-order valence-corrected chi connectivity index (χ2v) is 10.1. The number of aromatic nitrogens is 2. The largest absolute Gasteiger partial charge is 0.343 e. The number of thioether (sulfide) groups is 1. The van der Waals surface area contributed by atoms with Crippen molar-refractivity contribution in [2.45, 2.75) is 36.1 Å². The van der Waals surface area contributed by atoms with E-state index in [2.05, 4.69) is 26.2 Å². The van der Waals surface area contributed by atoms with Gasteiger partial charge >= 0.3 is 0 Å². The Morgan fingerprint density at radius 2 is 1.97 bits per heavy atom. The molecule has 162 valence electrons. The highest BCUT2D eigenvalue weighted by atomic mass is 79.9. The lowest BCUT2D eigenvalue weighted by Gasteiger charge is -2.32. The lowest BCUT2D eigenvalue weighted by Crippen LogP contribution is -2.32. The summed E-state index contributed by atoms with van der Waals surface area (Å²) in [4.78, 5) is 33.9. The van der Waals surface area contributed by atoms with Crippen LogP contribution >= 0.6 is 39.3 Å². The van der Waals surface area contributed by atoms with Crippen LogP contribution < -0.4 is 10.9 Å². The lowest BCUT2D eigenvalue weighted by molar-refractivity contribution is -0.116. The molecule has 1 aromatic heterocycles. The van der Waals surface area contributed by atoms with Crippen LogP contribution in [-0.4, -0.2) is 15.8 Å². The third-order valence-corrected chi connectivity index (χ3v) is 7.52. The van der Waals surface area contributed by atoms with Crippen molar-refractivity contribution in [3.63, 3.8) is 0 Å². The molecule has 0 bridgehead atoms. The molecule has 5 rings (SSSR count). The van der Waals surface area contributed by atoms with E-state index in [-0.39, 0.29) is 11.3 Å². The van der Waals surface area contributed by atoms with Gasteiger partial charge in [-0.1, -0.05) is 69.6 Å². The Kier molecular flexibility index (Phi) is 5.97. The summed E-state index contributed by atoms with van der Waals surface area (Å²) in [6.07, 6.45) is 2.06. The predicted molar refractivity (Wildman–Crippen MR) is 131 cm³/mol. The number of carbonyl (C=O) groups excluding carboxylic acids is 1. The number of hydrogen-bond donors (Lipinski definition) is 2. The van der Waals surface area contributed by atoms with Gasteiger partial charge in [0.2, 0.25) is 0 Å². The second kappa shape index (κ2) is 8.89. The van der Waals surface area contributed by atoms with Gasteiger partial charge in [0, 0.05) is 38.9 Å². The van der Waals surface area contributed by atoms with E-state index in [1.807, 2.05) is 48.5 Å². The van der Waals surface area contributed by atoms with Crippen molar-refractivity contribution in [2.75, 3.05) is 5.32 Å². The summed E-state index contributed by atoms with van der Waals surface area (Å²) in [5, 5.41) is 4.51. The molecular weight excluding hydrogens is 510 g/mol. The number of ketones is 1. The quantitative estimate of drug-likeness (QED) is 0.319. The molecule has 0 amide bonds. The van der Waals surface area contributed by atoms with Crippen molar-refractivity contribution in [1.29, 1.82) is 0 Å². The number of anilines is 1. The number of hydrogen-bond acceptors (Lipinski definition) is 5. The van der Waals surface area contributed by atoms with E-state index in [4.69, 9.17) is 16.6 Å². The van der Waals surface area contributed by atoms with Crippen LogP contribution in [0.25, 0.3) is 0 Å². The van der Waals surface area contributed by atoms with Gasteiger partial charge in [-0.05, 0) is 42.2 Å². The summed E-state index contributed by atoms with van der Waals surface area (Å²) in [5.74, 6) is 0.758. The minimum Gasteiger partial charge on any atom is -0.343 e. The molecule has 1 unspecified atom stereocenters. The van der Waals surface area contributed by atoms with E-state index in [9.17, 15) is 9.59 Å². The summed E-state index contributed by atoms with van der Waals surface area (Å²) in [5.41, 5.74) is 3.68. The second-order valence-electron chi connectivity index (χ2n) is 7.80. The third kappa shape index (κ3) is 4.05. The number of aromatic amines is 1. The van der Waals surface area contributed by atoms with Crippen LogP contribution in [-0.2, 0) is 10.5 Å². The first kappa shape index (κ1) is 21.5. The maximum Gasteiger partial charge on any atom is 0.257 e. The highest BCUT2D eigenvalue weighted by Gasteiger charge is 2.37. The molecule has 1 aliphatic heterocycles. The van der Waals surface area contributed by atoms with Gasteiger partial charge in [0.1, 0.15) is 5.82 Å². The Morgan fingerprint density at radius 1 is 1.12 bits per heavy atom. The summed E-state index contributed by atoms with van der Waals surface area (Å²) >= 11 is 11.2. The van der Waals surface area contributed by atoms with Gasteiger partial charge in [-0.15, -0.1) is 0 Å². The summed E-state index contributed by atoms with van der Waals surface area (Å²) in [6.45, 7) is 0. The number of nitrogens with one attached hydrogen (secondary N) is 2. The highest BCUT2D eigenvalue weighted by molar-refractivity contribution is 9.10. The summed E-state index contributed by atoms with van der Waals surface area (Å²) < 4.78 is 0.900. The molecule has 8 heteroatoms. The fourth-order valence-electron chi connectivity index (χ4n) is 4.29. The lowest BCUT2D eigenvalue weighted by atomic mass is 9.76. The van der Waals surface area contributed by atoms with Crippen LogP contribution in [0.4, 0.5) is 5.82 Å².